The maximum atomic E-state index is 5.54. The van der Waals surface area contributed by atoms with Gasteiger partial charge in [-0.3, -0.25) is 0 Å². The first-order valence-electron chi connectivity index (χ1n) is 9.57. The number of ether oxygens (including phenoxy) is 1. The van der Waals surface area contributed by atoms with Crippen LogP contribution in [0.1, 0.15) is 25.0 Å². The number of rotatable bonds is 3. The van der Waals surface area contributed by atoms with Gasteiger partial charge in [-0.1, -0.05) is 60.1 Å². The highest BCUT2D eigenvalue weighted by Gasteiger charge is 2.28. The minimum Gasteiger partial charge on any atom is -0.497 e. The summed E-state index contributed by atoms with van der Waals surface area (Å²) in [4.78, 5) is 0. The van der Waals surface area contributed by atoms with Crippen molar-refractivity contribution in [3.05, 3.63) is 64.1 Å². The van der Waals surface area contributed by atoms with E-state index in [1.165, 1.54) is 59.4 Å². The van der Waals surface area contributed by atoms with Gasteiger partial charge in [0.05, 0.1) is 7.11 Å². The summed E-state index contributed by atoms with van der Waals surface area (Å²) in [5.41, 5.74) is 8.48. The Morgan fingerprint density at radius 2 is 1.48 bits per heavy atom. The predicted octanol–water partition coefficient (Wildman–Crippen LogP) is 7.54. The van der Waals surface area contributed by atoms with E-state index in [-0.39, 0.29) is 0 Å². The Morgan fingerprint density at radius 3 is 2.19 bits per heavy atom. The van der Waals surface area contributed by atoms with Crippen molar-refractivity contribution in [3.8, 4) is 28.0 Å². The molecule has 0 spiro atoms. The van der Waals surface area contributed by atoms with Gasteiger partial charge in [0.2, 0.25) is 0 Å². The number of methoxy groups -OCH3 is 1. The fraction of sp³-hybridized carbons (Fsp3) is 0.200. The first kappa shape index (κ1) is 16.8. The largest absolute Gasteiger partial charge is 0.497 e. The van der Waals surface area contributed by atoms with E-state index in [4.69, 9.17) is 4.74 Å². The van der Waals surface area contributed by atoms with E-state index >= 15 is 0 Å². The molecule has 5 rings (SSSR count). The second-order valence-electron chi connectivity index (χ2n) is 7.15. The summed E-state index contributed by atoms with van der Waals surface area (Å²) in [6, 6.07) is 17.7. The van der Waals surface area contributed by atoms with Gasteiger partial charge in [-0.25, -0.2) is 0 Å². The molecule has 1 aliphatic rings. The van der Waals surface area contributed by atoms with Crippen LogP contribution in [0.2, 0.25) is 0 Å². The molecular weight excluding hydrogens is 396 g/mol. The number of hydrogen-bond donors (Lipinski definition) is 0. The van der Waals surface area contributed by atoms with Gasteiger partial charge in [0.1, 0.15) is 5.75 Å². The highest BCUT2D eigenvalue weighted by molar-refractivity contribution is 9.10. The lowest BCUT2D eigenvalue weighted by atomic mass is 9.85. The standard InChI is InChI=1S/C25H21BrO/c1-4-15-17-10-9-14(27-3)13-21(17)16(5-2)25-20-11-12-22(26)18-7-6-8-19(23(18)20)24(15)25/h6-13H,4-5H2,1-3H3. The van der Waals surface area contributed by atoms with Crippen molar-refractivity contribution < 1.29 is 4.74 Å². The molecule has 0 aliphatic heterocycles. The number of benzene rings is 4. The van der Waals surface area contributed by atoms with Gasteiger partial charge >= 0.3 is 0 Å². The number of aryl methyl sites for hydroxylation is 2. The molecule has 1 nitrogen and oxygen atoms in total. The third-order valence-electron chi connectivity index (χ3n) is 5.96. The van der Waals surface area contributed by atoms with Crippen LogP contribution in [-0.2, 0) is 12.8 Å². The lowest BCUT2D eigenvalue weighted by molar-refractivity contribution is 0.415. The minimum absolute atomic E-state index is 0.927. The first-order chi connectivity index (χ1) is 13.2. The van der Waals surface area contributed by atoms with E-state index in [0.29, 0.717) is 0 Å². The van der Waals surface area contributed by atoms with Crippen molar-refractivity contribution in [2.45, 2.75) is 26.7 Å². The summed E-state index contributed by atoms with van der Waals surface area (Å²) in [5.74, 6) is 0.927. The Bertz CT molecular complexity index is 1240. The Labute approximate surface area is 168 Å². The maximum absolute atomic E-state index is 5.54. The van der Waals surface area contributed by atoms with Crippen LogP contribution < -0.4 is 4.74 Å². The highest BCUT2D eigenvalue weighted by atomic mass is 79.9. The SMILES string of the molecule is CCc1c2c(c(CC)c3cc(OC)ccc13)-c1ccc(Br)c3cccc-2c13. The monoisotopic (exact) mass is 416 g/mol. The Morgan fingerprint density at radius 1 is 0.778 bits per heavy atom. The third-order valence-corrected chi connectivity index (χ3v) is 6.66. The predicted molar refractivity (Wildman–Crippen MR) is 119 cm³/mol. The average molecular weight is 417 g/mol. The average Bonchev–Trinajstić information content (AvgIpc) is 3.04. The zero-order valence-corrected chi connectivity index (χ0v) is 17.4. The minimum atomic E-state index is 0.927. The molecule has 0 aromatic heterocycles. The highest BCUT2D eigenvalue weighted by Crippen LogP contribution is 2.54. The van der Waals surface area contributed by atoms with Crippen molar-refractivity contribution in [2.75, 3.05) is 7.11 Å². The molecule has 4 aromatic rings. The van der Waals surface area contributed by atoms with Crippen LogP contribution in [0, 0.1) is 0 Å². The molecule has 0 atom stereocenters. The normalized spacial score (nSPS) is 12.0. The van der Waals surface area contributed by atoms with Crippen LogP contribution in [-0.4, -0.2) is 7.11 Å². The Hall–Kier alpha value is -2.32. The molecule has 0 amide bonds. The van der Waals surface area contributed by atoms with E-state index in [1.54, 1.807) is 7.11 Å². The zero-order chi connectivity index (χ0) is 18.7. The summed E-state index contributed by atoms with van der Waals surface area (Å²) in [7, 11) is 1.75. The van der Waals surface area contributed by atoms with Gasteiger partial charge < -0.3 is 4.74 Å². The molecule has 0 saturated heterocycles. The van der Waals surface area contributed by atoms with Crippen LogP contribution in [0.5, 0.6) is 5.75 Å². The number of hydrogen-bond acceptors (Lipinski definition) is 1. The van der Waals surface area contributed by atoms with Gasteiger partial charge in [0.15, 0.2) is 0 Å². The molecule has 0 heterocycles. The number of halogens is 1. The summed E-state index contributed by atoms with van der Waals surface area (Å²) in [5, 5.41) is 5.37. The maximum Gasteiger partial charge on any atom is 0.119 e. The number of fused-ring (bicyclic) bond motifs is 4. The first-order valence-corrected chi connectivity index (χ1v) is 10.4. The lowest BCUT2D eigenvalue weighted by Crippen LogP contribution is -1.97. The molecule has 1 aliphatic carbocycles. The van der Waals surface area contributed by atoms with E-state index in [1.807, 2.05) is 0 Å². The topological polar surface area (TPSA) is 9.23 Å². The second kappa shape index (κ2) is 6.10. The molecule has 0 saturated carbocycles. The fourth-order valence-electron chi connectivity index (χ4n) is 4.85. The van der Waals surface area contributed by atoms with Gasteiger partial charge in [-0.2, -0.15) is 0 Å². The molecule has 0 unspecified atom stereocenters. The van der Waals surface area contributed by atoms with Gasteiger partial charge in [-0.05, 0) is 86.0 Å². The quantitative estimate of drug-likeness (QED) is 0.295. The van der Waals surface area contributed by atoms with Crippen LogP contribution in [0.4, 0.5) is 0 Å². The molecule has 0 radical (unpaired) electrons. The molecule has 0 bridgehead atoms. The lowest BCUT2D eigenvalue weighted by Gasteiger charge is -2.19. The summed E-state index contributed by atoms with van der Waals surface area (Å²) < 4.78 is 6.71. The van der Waals surface area contributed by atoms with Crippen LogP contribution in [0.25, 0.3) is 43.8 Å². The third kappa shape index (κ3) is 2.17. The van der Waals surface area contributed by atoms with E-state index < -0.39 is 0 Å². The fourth-order valence-corrected chi connectivity index (χ4v) is 5.31. The van der Waals surface area contributed by atoms with Gasteiger partial charge in [-0.15, -0.1) is 0 Å². The summed E-state index contributed by atoms with van der Waals surface area (Å²) in [6.45, 7) is 4.53. The molecule has 0 fully saturated rings. The van der Waals surface area contributed by atoms with Gasteiger partial charge in [0.25, 0.3) is 0 Å². The van der Waals surface area contributed by atoms with Crippen LogP contribution >= 0.6 is 15.9 Å². The van der Waals surface area contributed by atoms with Crippen LogP contribution in [0.3, 0.4) is 0 Å². The van der Waals surface area contributed by atoms with Crippen molar-refractivity contribution in [1.29, 1.82) is 0 Å². The van der Waals surface area contributed by atoms with Crippen molar-refractivity contribution in [3.63, 3.8) is 0 Å². The molecule has 2 heteroatoms. The smallest absolute Gasteiger partial charge is 0.119 e. The second-order valence-corrected chi connectivity index (χ2v) is 8.00. The zero-order valence-electron chi connectivity index (χ0n) is 15.8. The molecule has 4 aromatic carbocycles. The van der Waals surface area contributed by atoms with Crippen molar-refractivity contribution in [2.24, 2.45) is 0 Å². The van der Waals surface area contributed by atoms with Crippen molar-refractivity contribution >= 4 is 37.5 Å². The Kier molecular flexibility index (Phi) is 3.80. The molecule has 0 N–H and O–H groups in total. The Balaban J connectivity index is 2.04. The van der Waals surface area contributed by atoms with E-state index in [2.05, 4.69) is 78.3 Å². The van der Waals surface area contributed by atoms with Gasteiger partial charge in [0, 0.05) is 4.47 Å². The molecule has 134 valence electrons. The summed E-state index contributed by atoms with van der Waals surface area (Å²) >= 11 is 3.76. The molecule has 27 heavy (non-hydrogen) atoms. The van der Waals surface area contributed by atoms with E-state index in [9.17, 15) is 0 Å². The van der Waals surface area contributed by atoms with Crippen molar-refractivity contribution in [1.82, 2.24) is 0 Å². The van der Waals surface area contributed by atoms with Crippen LogP contribution in [0.15, 0.2) is 53.0 Å². The van der Waals surface area contributed by atoms with E-state index in [0.717, 1.165) is 18.6 Å². The molecular formula is C25H21BrO. The summed E-state index contributed by atoms with van der Waals surface area (Å²) in [6.07, 6.45) is 2.02.